The van der Waals surface area contributed by atoms with E-state index >= 15 is 0 Å². The number of rotatable bonds is 6. The Kier molecular flexibility index (Phi) is 7.07. The Morgan fingerprint density at radius 1 is 1.12 bits per heavy atom. The van der Waals surface area contributed by atoms with Gasteiger partial charge >= 0.3 is 0 Å². The SMILES string of the molecule is CCS(=O)(=O)N1CCC(C(=O)NCC[NH+]2C(C)CCCC2C)CC1. The summed E-state index contributed by atoms with van der Waals surface area (Å²) in [5.41, 5.74) is 0. The molecule has 0 radical (unpaired) electrons. The Labute approximate surface area is 147 Å². The number of nitrogens with zero attached hydrogens (tertiary/aromatic N) is 1. The molecule has 1 amide bonds. The molecule has 0 aromatic carbocycles. The number of nitrogens with one attached hydrogen (secondary N) is 2. The minimum atomic E-state index is -3.12. The molecule has 0 saturated carbocycles. The molecule has 2 fully saturated rings. The molecule has 2 saturated heterocycles. The molecule has 2 unspecified atom stereocenters. The summed E-state index contributed by atoms with van der Waals surface area (Å²) in [7, 11) is -3.12. The molecular formula is C17H34N3O3S+. The number of hydrogen-bond donors (Lipinski definition) is 2. The second-order valence-corrected chi connectivity index (χ2v) is 9.68. The van der Waals surface area contributed by atoms with Crippen LogP contribution in [0.15, 0.2) is 0 Å². The van der Waals surface area contributed by atoms with Crippen LogP contribution in [0.4, 0.5) is 0 Å². The van der Waals surface area contributed by atoms with Gasteiger partial charge < -0.3 is 10.2 Å². The third-order valence-electron chi connectivity index (χ3n) is 5.84. The van der Waals surface area contributed by atoms with Crippen molar-refractivity contribution in [3.63, 3.8) is 0 Å². The van der Waals surface area contributed by atoms with Crippen LogP contribution in [0.5, 0.6) is 0 Å². The summed E-state index contributed by atoms with van der Waals surface area (Å²) < 4.78 is 25.2. The van der Waals surface area contributed by atoms with Crippen molar-refractivity contribution >= 4 is 15.9 Å². The predicted molar refractivity (Wildman–Crippen MR) is 95.4 cm³/mol. The van der Waals surface area contributed by atoms with Gasteiger partial charge in [0.05, 0.1) is 30.9 Å². The molecule has 24 heavy (non-hydrogen) atoms. The molecule has 0 aromatic heterocycles. The van der Waals surface area contributed by atoms with Crippen molar-refractivity contribution < 1.29 is 18.1 Å². The van der Waals surface area contributed by atoms with Gasteiger partial charge in [0.2, 0.25) is 15.9 Å². The van der Waals surface area contributed by atoms with Crippen molar-refractivity contribution in [2.45, 2.75) is 65.0 Å². The molecule has 0 aromatic rings. The summed E-state index contributed by atoms with van der Waals surface area (Å²) in [6.45, 7) is 8.92. The number of hydrogen-bond acceptors (Lipinski definition) is 3. The summed E-state index contributed by atoms with van der Waals surface area (Å²) in [5, 5.41) is 3.08. The first-order valence-corrected chi connectivity index (χ1v) is 11.1. The van der Waals surface area contributed by atoms with Crippen molar-refractivity contribution in [3.05, 3.63) is 0 Å². The van der Waals surface area contributed by atoms with E-state index < -0.39 is 10.0 Å². The molecule has 0 aliphatic carbocycles. The number of likely N-dealkylation sites (tertiary alicyclic amines) is 1. The van der Waals surface area contributed by atoms with Crippen LogP contribution in [0.25, 0.3) is 0 Å². The summed E-state index contributed by atoms with van der Waals surface area (Å²) in [6, 6.07) is 1.35. The highest BCUT2D eigenvalue weighted by molar-refractivity contribution is 7.89. The van der Waals surface area contributed by atoms with E-state index in [2.05, 4.69) is 19.2 Å². The summed E-state index contributed by atoms with van der Waals surface area (Å²) in [4.78, 5) is 13.9. The fourth-order valence-electron chi connectivity index (χ4n) is 4.13. The zero-order chi connectivity index (χ0) is 17.7. The van der Waals surface area contributed by atoms with Crippen LogP contribution in [0, 0.1) is 5.92 Å². The monoisotopic (exact) mass is 360 g/mol. The lowest BCUT2D eigenvalue weighted by Gasteiger charge is -2.36. The molecule has 6 nitrogen and oxygen atoms in total. The molecular weight excluding hydrogens is 326 g/mol. The van der Waals surface area contributed by atoms with Crippen molar-refractivity contribution in [2.24, 2.45) is 5.92 Å². The van der Waals surface area contributed by atoms with Crippen LogP contribution in [-0.4, -0.2) is 62.6 Å². The zero-order valence-corrected chi connectivity index (χ0v) is 16.2. The molecule has 0 spiro atoms. The van der Waals surface area contributed by atoms with E-state index in [1.165, 1.54) is 23.6 Å². The maximum Gasteiger partial charge on any atom is 0.223 e. The highest BCUT2D eigenvalue weighted by Gasteiger charge is 2.31. The Morgan fingerprint density at radius 2 is 1.71 bits per heavy atom. The third-order valence-corrected chi connectivity index (χ3v) is 7.72. The highest BCUT2D eigenvalue weighted by atomic mass is 32.2. The standard InChI is InChI=1S/C17H33N3O3S/c1-4-24(22,23)19-11-8-16(9-12-19)17(21)18-10-13-20-14(2)6-5-7-15(20)3/h14-16H,4-13H2,1-3H3,(H,18,21)/p+1. The van der Waals surface area contributed by atoms with Gasteiger partial charge in [-0.2, -0.15) is 0 Å². The second kappa shape index (κ2) is 8.63. The first-order valence-electron chi connectivity index (χ1n) is 9.46. The van der Waals surface area contributed by atoms with Gasteiger partial charge in [0.15, 0.2) is 0 Å². The van der Waals surface area contributed by atoms with Gasteiger partial charge in [-0.15, -0.1) is 0 Å². The van der Waals surface area contributed by atoms with Gasteiger partial charge in [-0.1, -0.05) is 0 Å². The van der Waals surface area contributed by atoms with E-state index in [-0.39, 0.29) is 17.6 Å². The molecule has 2 aliphatic rings. The van der Waals surface area contributed by atoms with Gasteiger partial charge in [0, 0.05) is 19.0 Å². The number of piperidine rings is 2. The van der Waals surface area contributed by atoms with Gasteiger partial charge in [-0.25, -0.2) is 12.7 Å². The van der Waals surface area contributed by atoms with Crippen molar-refractivity contribution in [1.82, 2.24) is 9.62 Å². The molecule has 2 atom stereocenters. The lowest BCUT2D eigenvalue weighted by Crippen LogP contribution is -3.19. The average molecular weight is 361 g/mol. The van der Waals surface area contributed by atoms with Crippen LogP contribution in [-0.2, 0) is 14.8 Å². The van der Waals surface area contributed by atoms with Crippen molar-refractivity contribution in [3.8, 4) is 0 Å². The van der Waals surface area contributed by atoms with Gasteiger partial charge in [0.25, 0.3) is 0 Å². The first kappa shape index (κ1) is 19.7. The largest absolute Gasteiger partial charge is 0.350 e. The molecule has 2 heterocycles. The number of amides is 1. The predicted octanol–water partition coefficient (Wildman–Crippen LogP) is 0.0101. The molecule has 140 valence electrons. The van der Waals surface area contributed by atoms with Crippen LogP contribution < -0.4 is 10.2 Å². The van der Waals surface area contributed by atoms with Gasteiger partial charge in [-0.05, 0) is 52.9 Å². The van der Waals surface area contributed by atoms with E-state index in [1.54, 1.807) is 11.8 Å². The van der Waals surface area contributed by atoms with Crippen molar-refractivity contribution in [1.29, 1.82) is 0 Å². The van der Waals surface area contributed by atoms with E-state index in [4.69, 9.17) is 0 Å². The summed E-state index contributed by atoms with van der Waals surface area (Å²) in [6.07, 6.45) is 5.14. The maximum absolute atomic E-state index is 12.3. The van der Waals surface area contributed by atoms with E-state index in [0.717, 1.165) is 13.1 Å². The Morgan fingerprint density at radius 3 is 2.25 bits per heavy atom. The topological polar surface area (TPSA) is 70.9 Å². The van der Waals surface area contributed by atoms with Gasteiger partial charge in [0.1, 0.15) is 0 Å². The fourth-order valence-corrected chi connectivity index (χ4v) is 5.26. The van der Waals surface area contributed by atoms with E-state index in [0.29, 0.717) is 38.0 Å². The maximum atomic E-state index is 12.3. The molecule has 2 N–H and O–H groups in total. The normalized spacial score (nSPS) is 30.2. The van der Waals surface area contributed by atoms with E-state index in [9.17, 15) is 13.2 Å². The average Bonchev–Trinajstić information content (AvgIpc) is 2.57. The summed E-state index contributed by atoms with van der Waals surface area (Å²) in [5.74, 6) is 0.193. The molecule has 0 bridgehead atoms. The Balaban J connectivity index is 1.72. The summed E-state index contributed by atoms with van der Waals surface area (Å²) >= 11 is 0. The minimum absolute atomic E-state index is 0.0421. The minimum Gasteiger partial charge on any atom is -0.350 e. The Bertz CT molecular complexity index is 505. The third kappa shape index (κ3) is 4.92. The number of quaternary nitrogens is 1. The van der Waals surface area contributed by atoms with Crippen LogP contribution in [0.3, 0.4) is 0 Å². The number of carbonyl (C=O) groups is 1. The molecule has 2 rings (SSSR count). The molecule has 2 aliphatic heterocycles. The first-order chi connectivity index (χ1) is 11.3. The lowest BCUT2D eigenvalue weighted by molar-refractivity contribution is -0.950. The Hall–Kier alpha value is -0.660. The number of sulfonamides is 1. The van der Waals surface area contributed by atoms with Crippen LogP contribution in [0.1, 0.15) is 52.9 Å². The van der Waals surface area contributed by atoms with Gasteiger partial charge in [-0.3, -0.25) is 4.79 Å². The zero-order valence-electron chi connectivity index (χ0n) is 15.4. The number of carbonyl (C=O) groups excluding carboxylic acids is 1. The molecule has 7 heteroatoms. The highest BCUT2D eigenvalue weighted by Crippen LogP contribution is 2.19. The fraction of sp³-hybridized carbons (Fsp3) is 0.941. The van der Waals surface area contributed by atoms with Crippen LogP contribution >= 0.6 is 0 Å². The van der Waals surface area contributed by atoms with E-state index in [1.807, 2.05) is 0 Å². The van der Waals surface area contributed by atoms with Crippen LogP contribution in [0.2, 0.25) is 0 Å². The van der Waals surface area contributed by atoms with Crippen molar-refractivity contribution in [2.75, 3.05) is 31.9 Å². The quantitative estimate of drug-likeness (QED) is 0.701. The second-order valence-electron chi connectivity index (χ2n) is 7.42. The lowest BCUT2D eigenvalue weighted by atomic mass is 9.97. The smallest absolute Gasteiger partial charge is 0.223 e.